The summed E-state index contributed by atoms with van der Waals surface area (Å²) in [5, 5.41) is 0. The molecular formula is C13H23N3O2. The molecule has 1 atom stereocenters. The first-order chi connectivity index (χ1) is 8.72. The summed E-state index contributed by atoms with van der Waals surface area (Å²) in [4.78, 5) is 6.58. The van der Waals surface area contributed by atoms with Crippen molar-refractivity contribution in [3.8, 4) is 0 Å². The van der Waals surface area contributed by atoms with E-state index in [2.05, 4.69) is 16.8 Å². The van der Waals surface area contributed by atoms with E-state index in [-0.39, 0.29) is 6.04 Å². The lowest BCUT2D eigenvalue weighted by molar-refractivity contribution is 0.170. The molecule has 1 rings (SSSR count). The SMILES string of the molecule is COCCN(c1cc(CN)ccn1)C(C)COC. The Hall–Kier alpha value is -1.17. The molecule has 2 N–H and O–H groups in total. The molecule has 0 aliphatic heterocycles. The third kappa shape index (κ3) is 4.25. The van der Waals surface area contributed by atoms with Crippen LogP contribution in [0.25, 0.3) is 0 Å². The Balaban J connectivity index is 2.85. The molecule has 0 aromatic carbocycles. The van der Waals surface area contributed by atoms with Crippen LogP contribution in [0.3, 0.4) is 0 Å². The zero-order valence-electron chi connectivity index (χ0n) is 11.4. The van der Waals surface area contributed by atoms with Crippen molar-refractivity contribution in [2.24, 2.45) is 5.73 Å². The van der Waals surface area contributed by atoms with Gasteiger partial charge in [0, 0.05) is 33.5 Å². The van der Waals surface area contributed by atoms with Crippen LogP contribution >= 0.6 is 0 Å². The van der Waals surface area contributed by atoms with Crippen LogP contribution in [0.1, 0.15) is 12.5 Å². The first-order valence-electron chi connectivity index (χ1n) is 6.12. The summed E-state index contributed by atoms with van der Waals surface area (Å²) in [6, 6.07) is 4.19. The van der Waals surface area contributed by atoms with Gasteiger partial charge >= 0.3 is 0 Å². The zero-order chi connectivity index (χ0) is 13.4. The Bertz CT molecular complexity index is 347. The van der Waals surface area contributed by atoms with Gasteiger partial charge in [-0.2, -0.15) is 0 Å². The molecule has 0 aliphatic rings. The predicted molar refractivity (Wildman–Crippen MR) is 72.7 cm³/mol. The van der Waals surface area contributed by atoms with E-state index in [0.717, 1.165) is 17.9 Å². The van der Waals surface area contributed by atoms with Crippen molar-refractivity contribution in [2.75, 3.05) is 38.9 Å². The van der Waals surface area contributed by atoms with E-state index in [1.54, 1.807) is 20.4 Å². The molecule has 1 aromatic heterocycles. The second kappa shape index (κ2) is 8.02. The Morgan fingerprint density at radius 1 is 1.39 bits per heavy atom. The van der Waals surface area contributed by atoms with Crippen molar-refractivity contribution in [3.05, 3.63) is 23.9 Å². The summed E-state index contributed by atoms with van der Waals surface area (Å²) >= 11 is 0. The van der Waals surface area contributed by atoms with Gasteiger partial charge in [-0.15, -0.1) is 0 Å². The summed E-state index contributed by atoms with van der Waals surface area (Å²) < 4.78 is 10.4. The Morgan fingerprint density at radius 3 is 2.78 bits per heavy atom. The number of pyridine rings is 1. The summed E-state index contributed by atoms with van der Waals surface area (Å²) in [5.41, 5.74) is 6.73. The smallest absolute Gasteiger partial charge is 0.129 e. The Kier molecular flexibility index (Phi) is 6.64. The van der Waals surface area contributed by atoms with Crippen LogP contribution in [-0.4, -0.2) is 45.0 Å². The largest absolute Gasteiger partial charge is 0.383 e. The number of ether oxygens (including phenoxy) is 2. The predicted octanol–water partition coefficient (Wildman–Crippen LogP) is 1.03. The number of methoxy groups -OCH3 is 2. The molecule has 1 aromatic rings. The number of hydrogen-bond acceptors (Lipinski definition) is 5. The molecule has 0 spiro atoms. The fourth-order valence-corrected chi connectivity index (χ4v) is 1.83. The van der Waals surface area contributed by atoms with Gasteiger partial charge in [0.1, 0.15) is 5.82 Å². The normalized spacial score (nSPS) is 12.4. The average Bonchev–Trinajstić information content (AvgIpc) is 2.40. The van der Waals surface area contributed by atoms with E-state index in [1.165, 1.54) is 0 Å². The average molecular weight is 253 g/mol. The first-order valence-corrected chi connectivity index (χ1v) is 6.12. The van der Waals surface area contributed by atoms with E-state index in [4.69, 9.17) is 15.2 Å². The molecule has 18 heavy (non-hydrogen) atoms. The molecule has 0 fully saturated rings. The van der Waals surface area contributed by atoms with Crippen LogP contribution in [-0.2, 0) is 16.0 Å². The van der Waals surface area contributed by atoms with Crippen molar-refractivity contribution in [3.63, 3.8) is 0 Å². The highest BCUT2D eigenvalue weighted by Crippen LogP contribution is 2.15. The van der Waals surface area contributed by atoms with Crippen LogP contribution in [0.4, 0.5) is 5.82 Å². The minimum atomic E-state index is 0.241. The fraction of sp³-hybridized carbons (Fsp3) is 0.615. The number of aromatic nitrogens is 1. The van der Waals surface area contributed by atoms with Crippen LogP contribution in [0.15, 0.2) is 18.3 Å². The minimum Gasteiger partial charge on any atom is -0.383 e. The van der Waals surface area contributed by atoms with Gasteiger partial charge in [0.05, 0.1) is 19.3 Å². The van der Waals surface area contributed by atoms with Gasteiger partial charge in [-0.05, 0) is 24.6 Å². The van der Waals surface area contributed by atoms with Gasteiger partial charge in [0.25, 0.3) is 0 Å². The fourth-order valence-electron chi connectivity index (χ4n) is 1.83. The highest BCUT2D eigenvalue weighted by molar-refractivity contribution is 5.42. The lowest BCUT2D eigenvalue weighted by Crippen LogP contribution is -2.39. The molecule has 102 valence electrons. The summed E-state index contributed by atoms with van der Waals surface area (Å²) in [7, 11) is 3.40. The number of nitrogens with zero attached hydrogens (tertiary/aromatic N) is 2. The topological polar surface area (TPSA) is 60.6 Å². The monoisotopic (exact) mass is 253 g/mol. The van der Waals surface area contributed by atoms with Crippen LogP contribution in [0, 0.1) is 0 Å². The molecule has 0 amide bonds. The van der Waals surface area contributed by atoms with E-state index < -0.39 is 0 Å². The molecule has 0 saturated heterocycles. The molecule has 0 saturated carbocycles. The van der Waals surface area contributed by atoms with Gasteiger partial charge < -0.3 is 20.1 Å². The molecule has 5 nitrogen and oxygen atoms in total. The maximum absolute atomic E-state index is 5.66. The maximum Gasteiger partial charge on any atom is 0.129 e. The summed E-state index contributed by atoms with van der Waals surface area (Å²) in [6.07, 6.45) is 1.79. The molecular weight excluding hydrogens is 230 g/mol. The maximum atomic E-state index is 5.66. The number of rotatable bonds is 8. The van der Waals surface area contributed by atoms with Gasteiger partial charge in [-0.1, -0.05) is 0 Å². The van der Waals surface area contributed by atoms with Gasteiger partial charge in [0.2, 0.25) is 0 Å². The zero-order valence-corrected chi connectivity index (χ0v) is 11.4. The number of hydrogen-bond donors (Lipinski definition) is 1. The van der Waals surface area contributed by atoms with Crippen molar-refractivity contribution in [2.45, 2.75) is 19.5 Å². The molecule has 1 heterocycles. The Morgan fingerprint density at radius 2 is 2.17 bits per heavy atom. The van der Waals surface area contributed by atoms with Crippen molar-refractivity contribution < 1.29 is 9.47 Å². The van der Waals surface area contributed by atoms with Crippen molar-refractivity contribution in [1.29, 1.82) is 0 Å². The number of anilines is 1. The van der Waals surface area contributed by atoms with Crippen LogP contribution in [0.5, 0.6) is 0 Å². The standard InChI is InChI=1S/C13H23N3O2/c1-11(10-18-3)16(6-7-17-2)13-8-12(9-14)4-5-15-13/h4-5,8,11H,6-7,9-10,14H2,1-3H3. The highest BCUT2D eigenvalue weighted by Gasteiger charge is 2.15. The molecule has 0 bridgehead atoms. The van der Waals surface area contributed by atoms with Gasteiger partial charge in [0.15, 0.2) is 0 Å². The summed E-state index contributed by atoms with van der Waals surface area (Å²) in [6.45, 7) is 4.71. The second-order valence-electron chi connectivity index (χ2n) is 4.22. The molecule has 1 unspecified atom stereocenters. The van der Waals surface area contributed by atoms with Crippen LogP contribution in [0.2, 0.25) is 0 Å². The third-order valence-corrected chi connectivity index (χ3v) is 2.82. The van der Waals surface area contributed by atoms with Crippen molar-refractivity contribution in [1.82, 2.24) is 4.98 Å². The van der Waals surface area contributed by atoms with E-state index in [0.29, 0.717) is 19.8 Å². The second-order valence-corrected chi connectivity index (χ2v) is 4.22. The highest BCUT2D eigenvalue weighted by atomic mass is 16.5. The van der Waals surface area contributed by atoms with Crippen LogP contribution < -0.4 is 10.6 Å². The van der Waals surface area contributed by atoms with E-state index in [9.17, 15) is 0 Å². The van der Waals surface area contributed by atoms with Gasteiger partial charge in [-0.3, -0.25) is 0 Å². The molecule has 0 radical (unpaired) electrons. The quantitative estimate of drug-likeness (QED) is 0.749. The molecule has 5 heteroatoms. The molecule has 0 aliphatic carbocycles. The lowest BCUT2D eigenvalue weighted by atomic mass is 10.2. The Labute approximate surface area is 109 Å². The van der Waals surface area contributed by atoms with E-state index in [1.807, 2.05) is 12.1 Å². The summed E-state index contributed by atoms with van der Waals surface area (Å²) in [5.74, 6) is 0.916. The first kappa shape index (κ1) is 14.9. The number of nitrogens with two attached hydrogens (primary N) is 1. The minimum absolute atomic E-state index is 0.241. The third-order valence-electron chi connectivity index (χ3n) is 2.82. The van der Waals surface area contributed by atoms with Gasteiger partial charge in [-0.25, -0.2) is 4.98 Å². The lowest BCUT2D eigenvalue weighted by Gasteiger charge is -2.29. The van der Waals surface area contributed by atoms with Crippen molar-refractivity contribution >= 4 is 5.82 Å². The van der Waals surface area contributed by atoms with E-state index >= 15 is 0 Å².